The topological polar surface area (TPSA) is 121 Å². The number of nitrogens with one attached hydrogen (secondary N) is 2. The van der Waals surface area contributed by atoms with E-state index in [9.17, 15) is 18.0 Å². The first-order valence-corrected chi connectivity index (χ1v) is 8.61. The maximum Gasteiger partial charge on any atom is 0.273 e. The second-order valence-electron chi connectivity index (χ2n) is 5.11. The van der Waals surface area contributed by atoms with E-state index in [0.717, 1.165) is 0 Å². The molecule has 24 heavy (non-hydrogen) atoms. The van der Waals surface area contributed by atoms with Crippen LogP contribution in [0.5, 0.6) is 0 Å². The molecule has 9 nitrogen and oxygen atoms in total. The highest BCUT2D eigenvalue weighted by Crippen LogP contribution is 2.17. The third-order valence-corrected chi connectivity index (χ3v) is 4.64. The molecule has 0 fully saturated rings. The summed E-state index contributed by atoms with van der Waals surface area (Å²) >= 11 is 0. The average molecular weight is 350 g/mol. The molecular weight excluding hydrogens is 336 g/mol. The van der Waals surface area contributed by atoms with Gasteiger partial charge in [-0.3, -0.25) is 20.4 Å². The standard InChI is InChI=1S/C14H14N4O5S/c1-9-10(4-7-23-9)13(19)15-16-14(20)11-3-2-5-18-6-8-24(21,22)17-12(11)18/h2-5,7H,6,8H2,1H3,(H,15,19)(H,16,20). The zero-order chi connectivity index (χ0) is 17.3. The number of rotatable bonds is 2. The molecular formula is C14H14N4O5S. The summed E-state index contributed by atoms with van der Waals surface area (Å²) < 4.78 is 32.0. The number of fused-ring (bicyclic) bond motifs is 1. The summed E-state index contributed by atoms with van der Waals surface area (Å²) in [6.45, 7) is 1.83. The van der Waals surface area contributed by atoms with Gasteiger partial charge in [0.2, 0.25) is 0 Å². The highest BCUT2D eigenvalue weighted by Gasteiger charge is 2.30. The summed E-state index contributed by atoms with van der Waals surface area (Å²) in [7, 11) is -3.60. The van der Waals surface area contributed by atoms with Crippen LogP contribution in [0, 0.1) is 6.92 Å². The van der Waals surface area contributed by atoms with Crippen LogP contribution < -0.4 is 10.9 Å². The minimum absolute atomic E-state index is 0.0370. The molecule has 0 bridgehead atoms. The van der Waals surface area contributed by atoms with Crippen molar-refractivity contribution in [2.75, 3.05) is 12.3 Å². The number of amides is 2. The number of carbonyl (C=O) groups excluding carboxylic acids is 2. The van der Waals surface area contributed by atoms with E-state index < -0.39 is 21.8 Å². The van der Waals surface area contributed by atoms with Crippen molar-refractivity contribution in [2.45, 2.75) is 6.92 Å². The molecule has 1 aromatic rings. The summed E-state index contributed by atoms with van der Waals surface area (Å²) in [5.74, 6) is -0.886. The van der Waals surface area contributed by atoms with Crippen molar-refractivity contribution in [1.82, 2.24) is 15.8 Å². The minimum Gasteiger partial charge on any atom is -0.469 e. The van der Waals surface area contributed by atoms with E-state index in [1.54, 1.807) is 24.1 Å². The van der Waals surface area contributed by atoms with Crippen LogP contribution in [0.15, 0.2) is 45.1 Å². The van der Waals surface area contributed by atoms with Gasteiger partial charge in [0.15, 0.2) is 5.84 Å². The fourth-order valence-electron chi connectivity index (χ4n) is 2.26. The van der Waals surface area contributed by atoms with E-state index in [4.69, 9.17) is 4.42 Å². The van der Waals surface area contributed by atoms with E-state index >= 15 is 0 Å². The highest BCUT2D eigenvalue weighted by atomic mass is 32.2. The zero-order valence-corrected chi connectivity index (χ0v) is 13.5. The van der Waals surface area contributed by atoms with Gasteiger partial charge < -0.3 is 9.32 Å². The number of amidine groups is 1. The fourth-order valence-corrected chi connectivity index (χ4v) is 3.25. The van der Waals surface area contributed by atoms with E-state index in [1.165, 1.54) is 18.4 Å². The Balaban J connectivity index is 1.74. The molecule has 0 radical (unpaired) electrons. The molecule has 126 valence electrons. The fraction of sp³-hybridized carbons (Fsp3) is 0.214. The van der Waals surface area contributed by atoms with Gasteiger partial charge in [-0.15, -0.1) is 4.40 Å². The molecule has 0 saturated carbocycles. The molecule has 0 saturated heterocycles. The molecule has 2 amide bonds. The third kappa shape index (κ3) is 3.08. The van der Waals surface area contributed by atoms with Crippen molar-refractivity contribution in [3.63, 3.8) is 0 Å². The molecule has 10 heteroatoms. The summed E-state index contributed by atoms with van der Waals surface area (Å²) in [4.78, 5) is 25.8. The maximum absolute atomic E-state index is 12.3. The van der Waals surface area contributed by atoms with E-state index in [0.29, 0.717) is 5.76 Å². The maximum atomic E-state index is 12.3. The van der Waals surface area contributed by atoms with Gasteiger partial charge in [0.05, 0.1) is 23.2 Å². The van der Waals surface area contributed by atoms with Gasteiger partial charge in [-0.2, -0.15) is 0 Å². The van der Waals surface area contributed by atoms with Gasteiger partial charge >= 0.3 is 0 Å². The van der Waals surface area contributed by atoms with E-state index in [-0.39, 0.29) is 29.3 Å². The normalized spacial score (nSPS) is 18.3. The Labute approximate surface area is 137 Å². The second kappa shape index (κ2) is 5.96. The number of carbonyl (C=O) groups is 2. The molecule has 2 N–H and O–H groups in total. The lowest BCUT2D eigenvalue weighted by Gasteiger charge is -2.28. The van der Waals surface area contributed by atoms with Crippen LogP contribution in [0.1, 0.15) is 16.1 Å². The van der Waals surface area contributed by atoms with Gasteiger partial charge in [0.25, 0.3) is 21.8 Å². The van der Waals surface area contributed by atoms with E-state index in [2.05, 4.69) is 15.2 Å². The molecule has 3 rings (SSSR count). The van der Waals surface area contributed by atoms with Crippen LogP contribution in [0.2, 0.25) is 0 Å². The van der Waals surface area contributed by atoms with Gasteiger partial charge in [-0.25, -0.2) is 8.42 Å². The second-order valence-corrected chi connectivity index (χ2v) is 6.87. The lowest BCUT2D eigenvalue weighted by atomic mass is 10.1. The molecule has 3 heterocycles. The lowest BCUT2D eigenvalue weighted by Crippen LogP contribution is -2.47. The number of hydrogen-bond acceptors (Lipinski definition) is 6. The Kier molecular flexibility index (Phi) is 3.97. The SMILES string of the molecule is Cc1occc1C(=O)NNC(=O)C1=CC=CN2CCS(=O)(=O)N=C12. The highest BCUT2D eigenvalue weighted by molar-refractivity contribution is 7.90. The lowest BCUT2D eigenvalue weighted by molar-refractivity contribution is -0.117. The van der Waals surface area contributed by atoms with Crippen molar-refractivity contribution < 1.29 is 22.4 Å². The molecule has 0 unspecified atom stereocenters. The molecule has 0 aliphatic carbocycles. The van der Waals surface area contributed by atoms with Crippen molar-refractivity contribution in [3.8, 4) is 0 Å². The molecule has 0 atom stereocenters. The molecule has 0 aromatic carbocycles. The molecule has 2 aliphatic rings. The van der Waals surface area contributed by atoms with Crippen molar-refractivity contribution in [1.29, 1.82) is 0 Å². The number of hydrogen-bond donors (Lipinski definition) is 2. The summed E-state index contributed by atoms with van der Waals surface area (Å²) in [6, 6.07) is 1.47. The van der Waals surface area contributed by atoms with E-state index in [1.807, 2.05) is 0 Å². The Morgan fingerprint density at radius 1 is 1.29 bits per heavy atom. The smallest absolute Gasteiger partial charge is 0.273 e. The monoisotopic (exact) mass is 350 g/mol. The number of nitrogens with zero attached hydrogens (tertiary/aromatic N) is 2. The minimum atomic E-state index is -3.60. The average Bonchev–Trinajstić information content (AvgIpc) is 2.97. The number of aryl methyl sites for hydroxylation is 1. The van der Waals surface area contributed by atoms with Gasteiger partial charge in [-0.1, -0.05) is 0 Å². The Morgan fingerprint density at radius 3 is 2.75 bits per heavy atom. The summed E-state index contributed by atoms with van der Waals surface area (Å²) in [5.41, 5.74) is 4.83. The Morgan fingerprint density at radius 2 is 2.04 bits per heavy atom. The first-order chi connectivity index (χ1) is 11.4. The van der Waals surface area contributed by atoms with Gasteiger partial charge in [0, 0.05) is 12.7 Å². The van der Waals surface area contributed by atoms with Crippen molar-refractivity contribution in [2.24, 2.45) is 4.40 Å². The zero-order valence-electron chi connectivity index (χ0n) is 12.6. The van der Waals surface area contributed by atoms with Gasteiger partial charge in [0.1, 0.15) is 5.76 Å². The quantitative estimate of drug-likeness (QED) is 0.715. The third-order valence-electron chi connectivity index (χ3n) is 3.50. The summed E-state index contributed by atoms with van der Waals surface area (Å²) in [5, 5.41) is 0. The van der Waals surface area contributed by atoms with Crippen LogP contribution in [0.3, 0.4) is 0 Å². The van der Waals surface area contributed by atoms with Crippen LogP contribution in [0.4, 0.5) is 0 Å². The molecule has 0 spiro atoms. The van der Waals surface area contributed by atoms with Crippen LogP contribution in [-0.4, -0.2) is 43.3 Å². The predicted molar refractivity (Wildman–Crippen MR) is 84.2 cm³/mol. The number of hydrazine groups is 1. The summed E-state index contributed by atoms with van der Waals surface area (Å²) in [6.07, 6.45) is 6.03. The molecule has 1 aromatic heterocycles. The predicted octanol–water partition coefficient (Wildman–Crippen LogP) is -0.153. The first-order valence-electron chi connectivity index (χ1n) is 7.00. The van der Waals surface area contributed by atoms with Crippen LogP contribution in [0.25, 0.3) is 0 Å². The number of allylic oxidation sites excluding steroid dienone is 2. The van der Waals surface area contributed by atoms with Gasteiger partial charge in [-0.05, 0) is 25.1 Å². The van der Waals surface area contributed by atoms with Crippen LogP contribution in [-0.2, 0) is 14.8 Å². The van der Waals surface area contributed by atoms with Crippen LogP contribution >= 0.6 is 0 Å². The Hall–Kier alpha value is -2.88. The number of sulfonamides is 1. The van der Waals surface area contributed by atoms with Crippen molar-refractivity contribution >= 4 is 27.7 Å². The van der Waals surface area contributed by atoms with Crippen molar-refractivity contribution in [3.05, 3.63) is 47.6 Å². The molecule has 2 aliphatic heterocycles. The first kappa shape index (κ1) is 16.0. The number of furan rings is 1. The Bertz CT molecular complexity index is 894. The largest absolute Gasteiger partial charge is 0.469 e.